The number of thiazole rings is 1. The quantitative estimate of drug-likeness (QED) is 0.347. The van der Waals surface area contributed by atoms with Crippen molar-refractivity contribution in [3.05, 3.63) is 72.4 Å². The van der Waals surface area contributed by atoms with Gasteiger partial charge in [0.05, 0.1) is 31.2 Å². The van der Waals surface area contributed by atoms with Gasteiger partial charge in [0, 0.05) is 17.5 Å². The van der Waals surface area contributed by atoms with Crippen molar-refractivity contribution in [3.8, 4) is 22.8 Å². The molecule has 4 aromatic rings. The Balaban J connectivity index is 1.26. The van der Waals surface area contributed by atoms with Crippen LogP contribution in [0.4, 0.5) is 16.8 Å². The first-order valence-corrected chi connectivity index (χ1v) is 12.4. The number of benzene rings is 2. The molecule has 2 aromatic carbocycles. The van der Waals surface area contributed by atoms with E-state index in [0.717, 1.165) is 59.6 Å². The minimum Gasteiger partial charge on any atom is -0.490 e. The zero-order chi connectivity index (χ0) is 23.2. The molecule has 2 aromatic heterocycles. The molecule has 1 unspecified atom stereocenters. The van der Waals surface area contributed by atoms with Gasteiger partial charge < -0.3 is 19.7 Å². The number of anilines is 3. The van der Waals surface area contributed by atoms with Gasteiger partial charge in [-0.05, 0) is 31.9 Å². The number of ether oxygens (including phenoxy) is 2. The average Bonchev–Trinajstić information content (AvgIpc) is 3.35. The average molecular weight is 474 g/mol. The van der Waals surface area contributed by atoms with Crippen LogP contribution in [0.3, 0.4) is 0 Å². The normalized spacial score (nSPS) is 15.7. The summed E-state index contributed by atoms with van der Waals surface area (Å²) in [6, 6.07) is 18.0. The third-order valence-electron chi connectivity index (χ3n) is 5.58. The maximum absolute atomic E-state index is 6.32. The fourth-order valence-electron chi connectivity index (χ4n) is 3.99. The van der Waals surface area contributed by atoms with Crippen LogP contribution in [0.2, 0.25) is 0 Å². The lowest BCUT2D eigenvalue weighted by Gasteiger charge is -2.33. The van der Waals surface area contributed by atoms with E-state index in [-0.39, 0.29) is 6.10 Å². The Morgan fingerprint density at radius 2 is 1.85 bits per heavy atom. The van der Waals surface area contributed by atoms with Crippen molar-refractivity contribution < 1.29 is 9.47 Å². The van der Waals surface area contributed by atoms with Gasteiger partial charge >= 0.3 is 0 Å². The molecular weight excluding hydrogens is 446 g/mol. The number of aromatic nitrogens is 3. The van der Waals surface area contributed by atoms with E-state index in [1.165, 1.54) is 0 Å². The van der Waals surface area contributed by atoms with Gasteiger partial charge in [-0.15, -0.1) is 11.3 Å². The lowest BCUT2D eigenvalue weighted by atomic mass is 10.1. The predicted octanol–water partition coefficient (Wildman–Crippen LogP) is 5.79. The second kappa shape index (κ2) is 10.5. The predicted molar refractivity (Wildman–Crippen MR) is 136 cm³/mol. The maximum Gasteiger partial charge on any atom is 0.188 e. The van der Waals surface area contributed by atoms with Crippen molar-refractivity contribution in [2.75, 3.05) is 29.9 Å². The van der Waals surface area contributed by atoms with E-state index < -0.39 is 0 Å². The Kier molecular flexibility index (Phi) is 6.86. The molecule has 5 rings (SSSR count). The van der Waals surface area contributed by atoms with Crippen LogP contribution in [0, 0.1) is 0 Å². The van der Waals surface area contributed by atoms with E-state index in [9.17, 15) is 0 Å². The number of rotatable bonds is 8. The first-order chi connectivity index (χ1) is 16.8. The second-order valence-corrected chi connectivity index (χ2v) is 8.86. The van der Waals surface area contributed by atoms with Gasteiger partial charge in [0.2, 0.25) is 0 Å². The van der Waals surface area contributed by atoms with E-state index in [2.05, 4.69) is 27.3 Å². The highest BCUT2D eigenvalue weighted by Crippen LogP contribution is 2.30. The summed E-state index contributed by atoms with van der Waals surface area (Å²) in [5, 5.41) is 6.14. The van der Waals surface area contributed by atoms with E-state index in [1.807, 2.05) is 54.8 Å². The first-order valence-electron chi connectivity index (χ1n) is 11.5. The molecule has 8 heteroatoms. The lowest BCUT2D eigenvalue weighted by Crippen LogP contribution is -2.41. The molecule has 0 bridgehead atoms. The van der Waals surface area contributed by atoms with E-state index in [1.54, 1.807) is 23.7 Å². The Hall–Kier alpha value is -3.65. The van der Waals surface area contributed by atoms with Crippen molar-refractivity contribution in [1.29, 1.82) is 0 Å². The van der Waals surface area contributed by atoms with Gasteiger partial charge in [-0.2, -0.15) is 0 Å². The van der Waals surface area contributed by atoms with Crippen LogP contribution in [-0.2, 0) is 0 Å². The van der Waals surface area contributed by atoms with Crippen LogP contribution in [0.5, 0.6) is 11.5 Å². The molecule has 1 N–H and O–H groups in total. The molecule has 1 aliphatic heterocycles. The van der Waals surface area contributed by atoms with Gasteiger partial charge in [0.1, 0.15) is 11.9 Å². The summed E-state index contributed by atoms with van der Waals surface area (Å²) >= 11 is 1.55. The standard InChI is InChI=1S/C26H27N5O2S/c1-2-32-22-12-6-7-13-23(22)33-20-11-8-14-31(17-20)25-16-27-15-24(29-25)30-26-28-21(18-34-26)19-9-4-3-5-10-19/h3-7,9-10,12-13,15-16,18,20H,2,8,11,14,17H2,1H3,(H,28,29,30). The second-order valence-electron chi connectivity index (χ2n) is 8.00. The third-order valence-corrected chi connectivity index (χ3v) is 6.33. The molecule has 3 heterocycles. The molecule has 1 atom stereocenters. The van der Waals surface area contributed by atoms with Crippen molar-refractivity contribution in [2.24, 2.45) is 0 Å². The van der Waals surface area contributed by atoms with Crippen molar-refractivity contribution in [3.63, 3.8) is 0 Å². The molecule has 7 nitrogen and oxygen atoms in total. The van der Waals surface area contributed by atoms with Gasteiger partial charge in [0.25, 0.3) is 0 Å². The summed E-state index contributed by atoms with van der Waals surface area (Å²) in [5.41, 5.74) is 2.04. The highest BCUT2D eigenvalue weighted by atomic mass is 32.1. The van der Waals surface area contributed by atoms with Crippen LogP contribution in [0.25, 0.3) is 11.3 Å². The van der Waals surface area contributed by atoms with Crippen LogP contribution in [-0.4, -0.2) is 40.8 Å². The molecular formula is C26H27N5O2S. The van der Waals surface area contributed by atoms with E-state index in [4.69, 9.17) is 19.4 Å². The summed E-state index contributed by atoms with van der Waals surface area (Å²) < 4.78 is 12.0. The maximum atomic E-state index is 6.32. The Morgan fingerprint density at radius 3 is 2.71 bits per heavy atom. The molecule has 1 aliphatic rings. The molecule has 0 aliphatic carbocycles. The van der Waals surface area contributed by atoms with Crippen molar-refractivity contribution in [2.45, 2.75) is 25.9 Å². The summed E-state index contributed by atoms with van der Waals surface area (Å²) in [4.78, 5) is 16.1. The molecule has 174 valence electrons. The molecule has 0 saturated carbocycles. The lowest BCUT2D eigenvalue weighted by molar-refractivity contribution is 0.170. The van der Waals surface area contributed by atoms with Gasteiger partial charge in [-0.25, -0.2) is 9.97 Å². The minimum atomic E-state index is 0.0566. The topological polar surface area (TPSA) is 72.4 Å². The van der Waals surface area contributed by atoms with Crippen LogP contribution < -0.4 is 19.7 Å². The fourth-order valence-corrected chi connectivity index (χ4v) is 4.72. The number of piperidine rings is 1. The minimum absolute atomic E-state index is 0.0566. The Bertz CT molecular complexity index is 1220. The van der Waals surface area contributed by atoms with Gasteiger partial charge in [-0.1, -0.05) is 42.5 Å². The number of hydrogen-bond acceptors (Lipinski definition) is 8. The zero-order valence-electron chi connectivity index (χ0n) is 19.1. The molecule has 34 heavy (non-hydrogen) atoms. The third kappa shape index (κ3) is 5.28. The van der Waals surface area contributed by atoms with Crippen molar-refractivity contribution >= 4 is 28.1 Å². The Labute approximate surface area is 203 Å². The SMILES string of the molecule is CCOc1ccccc1OC1CCCN(c2cncc(Nc3nc(-c4ccccc4)cs3)n2)C1. The highest BCUT2D eigenvalue weighted by molar-refractivity contribution is 7.14. The number of para-hydroxylation sites is 2. The summed E-state index contributed by atoms with van der Waals surface area (Å²) in [6.45, 7) is 4.25. The molecule has 0 amide bonds. The molecule has 1 saturated heterocycles. The zero-order valence-corrected chi connectivity index (χ0v) is 19.9. The smallest absolute Gasteiger partial charge is 0.188 e. The Morgan fingerprint density at radius 1 is 1.03 bits per heavy atom. The van der Waals surface area contributed by atoms with Crippen LogP contribution in [0.15, 0.2) is 72.4 Å². The number of hydrogen-bond donors (Lipinski definition) is 1. The summed E-state index contributed by atoms with van der Waals surface area (Å²) in [6.07, 6.45) is 5.60. The largest absolute Gasteiger partial charge is 0.490 e. The highest BCUT2D eigenvalue weighted by Gasteiger charge is 2.24. The van der Waals surface area contributed by atoms with Crippen LogP contribution >= 0.6 is 11.3 Å². The fraction of sp³-hybridized carbons (Fsp3) is 0.269. The summed E-state index contributed by atoms with van der Waals surface area (Å²) in [7, 11) is 0. The molecule has 0 radical (unpaired) electrons. The van der Waals surface area contributed by atoms with E-state index >= 15 is 0 Å². The summed E-state index contributed by atoms with van der Waals surface area (Å²) in [5.74, 6) is 3.08. The number of nitrogens with one attached hydrogen (secondary N) is 1. The van der Waals surface area contributed by atoms with Gasteiger partial charge in [0.15, 0.2) is 22.4 Å². The van der Waals surface area contributed by atoms with Crippen molar-refractivity contribution in [1.82, 2.24) is 15.0 Å². The first kappa shape index (κ1) is 22.2. The molecule has 0 spiro atoms. The molecule has 1 fully saturated rings. The number of nitrogens with zero attached hydrogens (tertiary/aromatic N) is 4. The van der Waals surface area contributed by atoms with Crippen LogP contribution in [0.1, 0.15) is 19.8 Å². The van der Waals surface area contributed by atoms with E-state index in [0.29, 0.717) is 12.4 Å². The van der Waals surface area contributed by atoms with Gasteiger partial charge in [-0.3, -0.25) is 4.98 Å². The monoisotopic (exact) mass is 473 g/mol.